The molecule has 2 aliphatic rings. The van der Waals surface area contributed by atoms with Crippen LogP contribution in [0.4, 0.5) is 0 Å². The molecule has 1 saturated carbocycles. The largest absolute Gasteiger partial charge is 1.00 e. The van der Waals surface area contributed by atoms with Crippen molar-refractivity contribution in [3.8, 4) is 0 Å². The molecule has 0 nitrogen and oxygen atoms in total. The molecule has 0 atom stereocenters. The average molecular weight is 212 g/mol. The van der Waals surface area contributed by atoms with Gasteiger partial charge in [0.2, 0.25) is 0 Å². The van der Waals surface area contributed by atoms with E-state index in [1.54, 1.807) is 0 Å². The fourth-order valence-corrected chi connectivity index (χ4v) is 2.25. The van der Waals surface area contributed by atoms with Gasteiger partial charge in [0.15, 0.2) is 0 Å². The zero-order valence-electron chi connectivity index (χ0n) is 10.3. The Kier molecular flexibility index (Phi) is 3.97. The van der Waals surface area contributed by atoms with Gasteiger partial charge in [0.1, 0.15) is 0 Å². The molecule has 0 bridgehead atoms. The Labute approximate surface area is 116 Å². The number of hydrogen-bond acceptors (Lipinski definition) is 0. The van der Waals surface area contributed by atoms with Crippen molar-refractivity contribution in [3.63, 3.8) is 0 Å². The van der Waals surface area contributed by atoms with E-state index in [4.69, 9.17) is 0 Å². The number of benzene rings is 1. The van der Waals surface area contributed by atoms with Crippen LogP contribution in [0.15, 0.2) is 48.6 Å². The van der Waals surface area contributed by atoms with Crippen molar-refractivity contribution in [2.45, 2.75) is 6.92 Å². The molecule has 2 aliphatic carbocycles. The van der Waals surface area contributed by atoms with E-state index in [1.807, 2.05) is 0 Å². The van der Waals surface area contributed by atoms with Gasteiger partial charge < -0.3 is 0 Å². The molecule has 0 aliphatic heterocycles. The van der Waals surface area contributed by atoms with Crippen LogP contribution in [0, 0.1) is 30.6 Å². The molecule has 1 heteroatoms. The summed E-state index contributed by atoms with van der Waals surface area (Å²) in [6.45, 7) is 2.15. The van der Waals surface area contributed by atoms with E-state index in [2.05, 4.69) is 68.3 Å². The van der Waals surface area contributed by atoms with E-state index in [0.29, 0.717) is 0 Å². The van der Waals surface area contributed by atoms with Gasteiger partial charge in [-0.15, -0.1) is 0 Å². The third-order valence-electron chi connectivity index (χ3n) is 2.98. The minimum absolute atomic E-state index is 0. The fraction of sp³-hybridized carbons (Fsp3) is 0.0625. The minimum Gasteiger partial charge on any atom is -0.0761 e. The normalized spacial score (nSPS) is 20.9. The second kappa shape index (κ2) is 5.30. The Bertz CT molecular complexity index is 430. The van der Waals surface area contributed by atoms with Gasteiger partial charge in [0.25, 0.3) is 0 Å². The number of rotatable bonds is 1. The molecule has 0 amide bonds. The Morgan fingerprint density at radius 1 is 0.941 bits per heavy atom. The number of hydrogen-bond donors (Lipinski definition) is 0. The standard InChI is InChI=1S/C16H13.Li/c1-12-10-14-8-5-9-15(16(14)11-12)13-6-3-2-4-7-13;/h2-11H,1H3;/q;+1. The van der Waals surface area contributed by atoms with Crippen LogP contribution < -0.4 is 18.9 Å². The molecular formula is C16H13Li+. The summed E-state index contributed by atoms with van der Waals surface area (Å²) in [5.74, 6) is 4.02. The molecule has 5 radical (unpaired) electrons. The predicted molar refractivity (Wildman–Crippen MR) is 67.6 cm³/mol. The van der Waals surface area contributed by atoms with E-state index >= 15 is 0 Å². The van der Waals surface area contributed by atoms with Crippen molar-refractivity contribution >= 4 is 5.57 Å². The topological polar surface area (TPSA) is 0 Å². The first-order chi connectivity index (χ1) is 7.84. The van der Waals surface area contributed by atoms with Gasteiger partial charge >= 0.3 is 18.9 Å². The van der Waals surface area contributed by atoms with Crippen LogP contribution in [-0.2, 0) is 0 Å². The molecule has 3 rings (SSSR count). The van der Waals surface area contributed by atoms with Crippen LogP contribution in [0.25, 0.3) is 5.57 Å². The van der Waals surface area contributed by atoms with Crippen molar-refractivity contribution in [2.75, 3.05) is 0 Å². The summed E-state index contributed by atoms with van der Waals surface area (Å²) in [4.78, 5) is 0. The first-order valence-electron chi connectivity index (χ1n) is 5.56. The fourth-order valence-electron chi connectivity index (χ4n) is 2.25. The SMILES string of the molecule is C[C]1[CH][C]2C=CC=C(c3ccccc3)[C]2[CH]1.[Li+]. The van der Waals surface area contributed by atoms with Gasteiger partial charge in [-0.1, -0.05) is 55.5 Å². The smallest absolute Gasteiger partial charge is 0.0761 e. The van der Waals surface area contributed by atoms with Crippen LogP contribution >= 0.6 is 0 Å². The molecule has 0 unspecified atom stereocenters. The van der Waals surface area contributed by atoms with Crippen molar-refractivity contribution < 1.29 is 18.9 Å². The Morgan fingerprint density at radius 2 is 1.71 bits per heavy atom. The summed E-state index contributed by atoms with van der Waals surface area (Å²) in [6.07, 6.45) is 11.0. The number of allylic oxidation sites excluding steroid dienone is 4. The molecule has 0 heterocycles. The molecule has 0 aromatic heterocycles. The maximum Gasteiger partial charge on any atom is 1.00 e. The Balaban J connectivity index is 0.00000108. The van der Waals surface area contributed by atoms with Crippen molar-refractivity contribution in [1.29, 1.82) is 0 Å². The first-order valence-corrected chi connectivity index (χ1v) is 5.56. The summed E-state index contributed by atoms with van der Waals surface area (Å²) in [6, 6.07) is 10.6. The van der Waals surface area contributed by atoms with E-state index in [9.17, 15) is 0 Å². The van der Waals surface area contributed by atoms with Gasteiger partial charge in [-0.3, -0.25) is 0 Å². The van der Waals surface area contributed by atoms with Gasteiger partial charge in [-0.05, 0) is 29.9 Å². The third kappa shape index (κ3) is 2.44. The second-order valence-corrected chi connectivity index (χ2v) is 4.21. The van der Waals surface area contributed by atoms with Gasteiger partial charge in [0, 0.05) is 11.8 Å². The van der Waals surface area contributed by atoms with Gasteiger partial charge in [-0.25, -0.2) is 0 Å². The quantitative estimate of drug-likeness (QED) is 0.604. The molecular weight excluding hydrogens is 199 g/mol. The maximum absolute atomic E-state index is 2.26. The summed E-state index contributed by atoms with van der Waals surface area (Å²) < 4.78 is 0. The van der Waals surface area contributed by atoms with E-state index in [1.165, 1.54) is 28.9 Å². The van der Waals surface area contributed by atoms with Crippen LogP contribution in [-0.4, -0.2) is 0 Å². The monoisotopic (exact) mass is 212 g/mol. The zero-order chi connectivity index (χ0) is 11.0. The van der Waals surface area contributed by atoms with Gasteiger partial charge in [0.05, 0.1) is 0 Å². The van der Waals surface area contributed by atoms with E-state index in [-0.39, 0.29) is 18.9 Å². The third-order valence-corrected chi connectivity index (χ3v) is 2.98. The van der Waals surface area contributed by atoms with E-state index < -0.39 is 0 Å². The Morgan fingerprint density at radius 3 is 2.47 bits per heavy atom. The van der Waals surface area contributed by atoms with Crippen molar-refractivity contribution in [2.24, 2.45) is 0 Å². The van der Waals surface area contributed by atoms with Crippen LogP contribution in [0.5, 0.6) is 0 Å². The van der Waals surface area contributed by atoms with Crippen LogP contribution in [0.3, 0.4) is 0 Å². The minimum atomic E-state index is 0. The molecule has 1 aromatic carbocycles. The predicted octanol–water partition coefficient (Wildman–Crippen LogP) is 0.809. The molecule has 0 spiro atoms. The summed E-state index contributed by atoms with van der Waals surface area (Å²) >= 11 is 0. The number of fused-ring (bicyclic) bond motifs is 1. The van der Waals surface area contributed by atoms with Crippen LogP contribution in [0.2, 0.25) is 0 Å². The summed E-state index contributed by atoms with van der Waals surface area (Å²) in [7, 11) is 0. The van der Waals surface area contributed by atoms with Crippen molar-refractivity contribution in [3.05, 3.63) is 84.7 Å². The Hall–Kier alpha value is -0.703. The second-order valence-electron chi connectivity index (χ2n) is 4.21. The maximum atomic E-state index is 2.26. The van der Waals surface area contributed by atoms with Crippen LogP contribution in [0.1, 0.15) is 12.5 Å². The molecule has 0 N–H and O–H groups in total. The van der Waals surface area contributed by atoms with Crippen molar-refractivity contribution in [1.82, 2.24) is 0 Å². The molecule has 1 aromatic rings. The van der Waals surface area contributed by atoms with E-state index in [0.717, 1.165) is 0 Å². The molecule has 77 valence electrons. The summed E-state index contributed by atoms with van der Waals surface area (Å²) in [5, 5.41) is 0. The molecule has 17 heavy (non-hydrogen) atoms. The molecule has 0 saturated heterocycles. The zero-order valence-corrected chi connectivity index (χ0v) is 10.3. The first kappa shape index (κ1) is 12.7. The average Bonchev–Trinajstić information content (AvgIpc) is 2.70. The molecule has 1 fully saturated rings. The summed E-state index contributed by atoms with van der Waals surface area (Å²) in [5.41, 5.74) is 2.62. The van der Waals surface area contributed by atoms with Gasteiger partial charge in [-0.2, -0.15) is 0 Å².